The van der Waals surface area contributed by atoms with Crippen molar-refractivity contribution in [2.24, 2.45) is 5.92 Å². The van der Waals surface area contributed by atoms with Crippen LogP contribution >= 0.6 is 0 Å². The van der Waals surface area contributed by atoms with Crippen molar-refractivity contribution in [1.82, 2.24) is 0 Å². The normalized spacial score (nSPS) is 19.7. The zero-order valence-corrected chi connectivity index (χ0v) is 22.2. The maximum Gasteiger partial charge on any atom is 0.306 e. The van der Waals surface area contributed by atoms with E-state index in [4.69, 9.17) is 14.2 Å². The first-order chi connectivity index (χ1) is 16.2. The molecular weight excluding hydrogens is 412 g/mol. The predicted octanol–water partition coefficient (Wildman–Crippen LogP) is 8.53. The Labute approximate surface area is 205 Å². The highest BCUT2D eigenvalue weighted by Gasteiger charge is 2.29. The van der Waals surface area contributed by atoms with Crippen LogP contribution < -0.4 is 0 Å². The number of hydrogen-bond donors (Lipinski definition) is 0. The van der Waals surface area contributed by atoms with Crippen molar-refractivity contribution in [3.63, 3.8) is 0 Å². The second-order valence-electron chi connectivity index (χ2n) is 9.79. The maximum absolute atomic E-state index is 12.1. The Kier molecular flexibility index (Phi) is 19.8. The average molecular weight is 467 g/mol. The minimum absolute atomic E-state index is 0.105. The molecule has 0 aromatic carbocycles. The Bertz CT molecular complexity index is 468. The highest BCUT2D eigenvalue weighted by atomic mass is 16.7. The molecule has 4 nitrogen and oxygen atoms in total. The van der Waals surface area contributed by atoms with Gasteiger partial charge in [0.1, 0.15) is 6.10 Å². The van der Waals surface area contributed by atoms with E-state index in [0.29, 0.717) is 25.6 Å². The van der Waals surface area contributed by atoms with Crippen molar-refractivity contribution in [1.29, 1.82) is 0 Å². The van der Waals surface area contributed by atoms with E-state index in [1.165, 1.54) is 83.5 Å². The van der Waals surface area contributed by atoms with Crippen LogP contribution in [0.4, 0.5) is 0 Å². The predicted molar refractivity (Wildman–Crippen MR) is 138 cm³/mol. The molecule has 0 bridgehead atoms. The van der Waals surface area contributed by atoms with Gasteiger partial charge >= 0.3 is 5.97 Å². The number of esters is 1. The molecule has 1 unspecified atom stereocenters. The number of unbranched alkanes of at least 4 members (excludes halogenated alkanes) is 12. The van der Waals surface area contributed by atoms with Crippen LogP contribution in [0.15, 0.2) is 12.2 Å². The molecular formula is C29H54O4. The Morgan fingerprint density at radius 3 is 1.91 bits per heavy atom. The molecule has 1 atom stereocenters. The lowest BCUT2D eigenvalue weighted by molar-refractivity contribution is -0.245. The van der Waals surface area contributed by atoms with Crippen LogP contribution in [0, 0.1) is 5.92 Å². The molecule has 0 spiro atoms. The van der Waals surface area contributed by atoms with Crippen LogP contribution in [0.25, 0.3) is 0 Å². The molecule has 1 fully saturated rings. The number of rotatable bonds is 21. The number of carbonyl (C=O) groups is 1. The molecule has 0 aromatic heterocycles. The Morgan fingerprint density at radius 2 is 1.33 bits per heavy atom. The van der Waals surface area contributed by atoms with Crippen molar-refractivity contribution in [2.45, 2.75) is 149 Å². The Balaban J connectivity index is 1.92. The van der Waals surface area contributed by atoms with Crippen LogP contribution in [-0.4, -0.2) is 31.6 Å². The largest absolute Gasteiger partial charge is 0.457 e. The van der Waals surface area contributed by atoms with E-state index in [1.54, 1.807) is 0 Å². The van der Waals surface area contributed by atoms with Crippen molar-refractivity contribution in [2.75, 3.05) is 13.2 Å². The topological polar surface area (TPSA) is 44.8 Å². The van der Waals surface area contributed by atoms with Gasteiger partial charge in [-0.2, -0.15) is 0 Å². The first-order valence-electron chi connectivity index (χ1n) is 14.3. The molecule has 1 rings (SSSR count). The first kappa shape index (κ1) is 30.2. The SMILES string of the molecule is CCCCCC=CCCCCCCCCCCC(=O)OC1COC(C(CC)CCCC)OC1. The zero-order chi connectivity index (χ0) is 24.0. The molecule has 0 N–H and O–H groups in total. The van der Waals surface area contributed by atoms with E-state index in [1.807, 2.05) is 0 Å². The summed E-state index contributed by atoms with van der Waals surface area (Å²) in [7, 11) is 0. The van der Waals surface area contributed by atoms with Gasteiger partial charge in [0.15, 0.2) is 6.29 Å². The zero-order valence-electron chi connectivity index (χ0n) is 22.2. The fraction of sp³-hybridized carbons (Fsp3) is 0.897. The first-order valence-corrected chi connectivity index (χ1v) is 14.3. The molecule has 1 saturated heterocycles. The molecule has 33 heavy (non-hydrogen) atoms. The molecule has 0 amide bonds. The lowest BCUT2D eigenvalue weighted by atomic mass is 9.98. The summed E-state index contributed by atoms with van der Waals surface area (Å²) in [5.41, 5.74) is 0. The number of carbonyl (C=O) groups excluding carboxylic acids is 1. The second-order valence-corrected chi connectivity index (χ2v) is 9.79. The lowest BCUT2D eigenvalue weighted by Crippen LogP contribution is -2.41. The molecule has 0 aromatic rings. The third-order valence-corrected chi connectivity index (χ3v) is 6.67. The van der Waals surface area contributed by atoms with E-state index >= 15 is 0 Å². The van der Waals surface area contributed by atoms with Crippen LogP contribution in [-0.2, 0) is 19.0 Å². The fourth-order valence-electron chi connectivity index (χ4n) is 4.42. The summed E-state index contributed by atoms with van der Waals surface area (Å²) in [5, 5.41) is 0. The van der Waals surface area contributed by atoms with Gasteiger partial charge in [-0.1, -0.05) is 97.1 Å². The van der Waals surface area contributed by atoms with Crippen molar-refractivity contribution >= 4 is 5.97 Å². The minimum atomic E-state index is -0.247. The highest BCUT2D eigenvalue weighted by Crippen LogP contribution is 2.24. The highest BCUT2D eigenvalue weighted by molar-refractivity contribution is 5.69. The number of hydrogen-bond acceptors (Lipinski definition) is 4. The van der Waals surface area contributed by atoms with Crippen molar-refractivity contribution in [3.05, 3.63) is 12.2 Å². The second kappa shape index (κ2) is 21.6. The summed E-state index contributed by atoms with van der Waals surface area (Å²) in [6, 6.07) is 0. The molecule has 1 aliphatic heterocycles. The third-order valence-electron chi connectivity index (χ3n) is 6.67. The Hall–Kier alpha value is -0.870. The van der Waals surface area contributed by atoms with Gasteiger partial charge in [-0.05, 0) is 44.9 Å². The minimum Gasteiger partial charge on any atom is -0.457 e. The third kappa shape index (κ3) is 16.4. The maximum atomic E-state index is 12.1. The summed E-state index contributed by atoms with van der Waals surface area (Å²) in [5.74, 6) is 0.338. The monoisotopic (exact) mass is 466 g/mol. The van der Waals surface area contributed by atoms with Crippen LogP contribution in [0.3, 0.4) is 0 Å². The smallest absolute Gasteiger partial charge is 0.306 e. The fourth-order valence-corrected chi connectivity index (χ4v) is 4.42. The van der Waals surface area contributed by atoms with Crippen molar-refractivity contribution < 1.29 is 19.0 Å². The quantitative estimate of drug-likeness (QED) is 0.0965. The van der Waals surface area contributed by atoms with E-state index in [2.05, 4.69) is 32.9 Å². The summed E-state index contributed by atoms with van der Waals surface area (Å²) in [4.78, 5) is 12.1. The van der Waals surface area contributed by atoms with Crippen LogP contribution in [0.2, 0.25) is 0 Å². The van der Waals surface area contributed by atoms with Gasteiger partial charge < -0.3 is 14.2 Å². The lowest BCUT2D eigenvalue weighted by Gasteiger charge is -2.33. The van der Waals surface area contributed by atoms with Gasteiger partial charge in [-0.3, -0.25) is 4.79 Å². The number of ether oxygens (including phenoxy) is 3. The van der Waals surface area contributed by atoms with Gasteiger partial charge in [0.25, 0.3) is 0 Å². The number of allylic oxidation sites excluding steroid dienone is 2. The molecule has 1 heterocycles. The molecule has 0 aliphatic carbocycles. The van der Waals surface area contributed by atoms with E-state index in [-0.39, 0.29) is 18.4 Å². The average Bonchev–Trinajstić information content (AvgIpc) is 2.83. The molecule has 0 radical (unpaired) electrons. The van der Waals surface area contributed by atoms with Gasteiger partial charge in [-0.25, -0.2) is 0 Å². The summed E-state index contributed by atoms with van der Waals surface area (Å²) in [6.07, 6.45) is 25.8. The molecule has 4 heteroatoms. The standard InChI is InChI=1S/C29H54O4/c1-4-7-9-10-11-12-13-14-15-16-17-18-19-20-21-23-28(30)33-27-24-31-29(32-25-27)26(6-3)22-8-5-2/h11-12,26-27,29H,4-10,13-25H2,1-3H3. The van der Waals surface area contributed by atoms with Crippen molar-refractivity contribution in [3.8, 4) is 0 Å². The molecule has 0 saturated carbocycles. The van der Waals surface area contributed by atoms with E-state index in [9.17, 15) is 4.79 Å². The van der Waals surface area contributed by atoms with E-state index in [0.717, 1.165) is 25.7 Å². The molecule has 1 aliphatic rings. The van der Waals surface area contributed by atoms with Crippen LogP contribution in [0.5, 0.6) is 0 Å². The van der Waals surface area contributed by atoms with Gasteiger partial charge in [0.2, 0.25) is 0 Å². The molecule has 194 valence electrons. The van der Waals surface area contributed by atoms with Gasteiger partial charge in [0.05, 0.1) is 13.2 Å². The van der Waals surface area contributed by atoms with Gasteiger partial charge in [0, 0.05) is 12.3 Å². The van der Waals surface area contributed by atoms with Crippen LogP contribution in [0.1, 0.15) is 136 Å². The Morgan fingerprint density at radius 1 is 0.788 bits per heavy atom. The summed E-state index contributed by atoms with van der Waals surface area (Å²) in [6.45, 7) is 7.59. The van der Waals surface area contributed by atoms with Gasteiger partial charge in [-0.15, -0.1) is 0 Å². The summed E-state index contributed by atoms with van der Waals surface area (Å²) >= 11 is 0. The summed E-state index contributed by atoms with van der Waals surface area (Å²) < 4.78 is 17.3. The van der Waals surface area contributed by atoms with E-state index < -0.39 is 0 Å².